The summed E-state index contributed by atoms with van der Waals surface area (Å²) in [5.74, 6) is 0.772. The van der Waals surface area contributed by atoms with Gasteiger partial charge in [-0.3, -0.25) is 0 Å². The van der Waals surface area contributed by atoms with Crippen molar-refractivity contribution in [1.29, 1.82) is 0 Å². The first-order valence-corrected chi connectivity index (χ1v) is 8.69. The number of ether oxygens (including phenoxy) is 2. The lowest BCUT2D eigenvalue weighted by Crippen LogP contribution is -2.30. The van der Waals surface area contributed by atoms with Gasteiger partial charge in [-0.15, -0.1) is 0 Å². The van der Waals surface area contributed by atoms with Crippen LogP contribution in [0.1, 0.15) is 19.5 Å². The molecule has 2 N–H and O–H groups in total. The predicted octanol–water partition coefficient (Wildman–Crippen LogP) is 1.87. The van der Waals surface area contributed by atoms with E-state index < -0.39 is 15.4 Å². The van der Waals surface area contributed by atoms with Crippen LogP contribution in [0.25, 0.3) is 0 Å². The quantitative estimate of drug-likeness (QED) is 0.888. The summed E-state index contributed by atoms with van der Waals surface area (Å²) in [7, 11) is -1.82. The van der Waals surface area contributed by atoms with E-state index in [2.05, 4.69) is 9.97 Å². The summed E-state index contributed by atoms with van der Waals surface area (Å²) in [6.45, 7) is 3.57. The van der Waals surface area contributed by atoms with Crippen molar-refractivity contribution in [2.75, 3.05) is 13.4 Å². The van der Waals surface area contributed by atoms with Gasteiger partial charge < -0.3 is 15.2 Å². The highest BCUT2D eigenvalue weighted by atomic mass is 32.2. The highest BCUT2D eigenvalue weighted by Crippen LogP contribution is 2.28. The first-order valence-electron chi connectivity index (χ1n) is 6.79. The molecule has 0 aliphatic heterocycles. The third kappa shape index (κ3) is 4.17. The first kappa shape index (κ1) is 17.2. The van der Waals surface area contributed by atoms with Crippen LogP contribution in [-0.2, 0) is 15.4 Å². The molecule has 2 aromatic rings. The van der Waals surface area contributed by atoms with Crippen LogP contribution < -0.4 is 15.2 Å². The minimum Gasteiger partial charge on any atom is -0.493 e. The SMILES string of the molecule is COc1cnc(Oc2cccc(S(C)(=O)=O)c2)nc1C(C)(C)N. The zero-order valence-corrected chi connectivity index (χ0v) is 14.2. The van der Waals surface area contributed by atoms with Crippen molar-refractivity contribution >= 4 is 9.84 Å². The van der Waals surface area contributed by atoms with E-state index in [-0.39, 0.29) is 10.9 Å². The zero-order chi connectivity index (χ0) is 17.3. The van der Waals surface area contributed by atoms with E-state index in [4.69, 9.17) is 15.2 Å². The van der Waals surface area contributed by atoms with E-state index in [0.29, 0.717) is 17.2 Å². The summed E-state index contributed by atoms with van der Waals surface area (Å²) in [4.78, 5) is 8.47. The third-order valence-electron chi connectivity index (χ3n) is 3.01. The largest absolute Gasteiger partial charge is 0.493 e. The summed E-state index contributed by atoms with van der Waals surface area (Å²) < 4.78 is 33.9. The van der Waals surface area contributed by atoms with Crippen LogP contribution in [0.4, 0.5) is 0 Å². The summed E-state index contributed by atoms with van der Waals surface area (Å²) in [6.07, 6.45) is 2.59. The molecular formula is C15H19N3O4S. The molecule has 0 radical (unpaired) electrons. The average Bonchev–Trinajstić information content (AvgIpc) is 2.46. The second-order valence-electron chi connectivity index (χ2n) is 5.64. The molecule has 0 unspecified atom stereocenters. The minimum atomic E-state index is -3.32. The molecule has 0 spiro atoms. The van der Waals surface area contributed by atoms with Crippen molar-refractivity contribution in [3.8, 4) is 17.5 Å². The van der Waals surface area contributed by atoms with Crippen molar-refractivity contribution in [3.05, 3.63) is 36.2 Å². The molecule has 0 bridgehead atoms. The Morgan fingerprint density at radius 1 is 1.26 bits per heavy atom. The molecule has 8 heteroatoms. The molecule has 1 heterocycles. The molecule has 7 nitrogen and oxygen atoms in total. The molecule has 0 aliphatic carbocycles. The smallest absolute Gasteiger partial charge is 0.322 e. The van der Waals surface area contributed by atoms with Gasteiger partial charge in [-0.05, 0) is 32.0 Å². The predicted molar refractivity (Wildman–Crippen MR) is 85.4 cm³/mol. The summed E-state index contributed by atoms with van der Waals surface area (Å²) >= 11 is 0. The van der Waals surface area contributed by atoms with Crippen LogP contribution in [0.3, 0.4) is 0 Å². The van der Waals surface area contributed by atoms with Crippen LogP contribution in [-0.4, -0.2) is 31.8 Å². The highest BCUT2D eigenvalue weighted by molar-refractivity contribution is 7.90. The van der Waals surface area contributed by atoms with Crippen molar-refractivity contribution in [3.63, 3.8) is 0 Å². The lowest BCUT2D eigenvalue weighted by molar-refractivity contribution is 0.371. The molecule has 23 heavy (non-hydrogen) atoms. The van der Waals surface area contributed by atoms with Gasteiger partial charge in [-0.1, -0.05) is 6.07 Å². The van der Waals surface area contributed by atoms with Crippen LogP contribution in [0.2, 0.25) is 0 Å². The van der Waals surface area contributed by atoms with Gasteiger partial charge in [0.25, 0.3) is 0 Å². The Hall–Kier alpha value is -2.19. The lowest BCUT2D eigenvalue weighted by Gasteiger charge is -2.20. The number of hydrogen-bond donors (Lipinski definition) is 1. The molecule has 0 saturated carbocycles. The molecule has 1 aromatic heterocycles. The van der Waals surface area contributed by atoms with E-state index in [0.717, 1.165) is 6.26 Å². The van der Waals surface area contributed by atoms with E-state index in [9.17, 15) is 8.42 Å². The highest BCUT2D eigenvalue weighted by Gasteiger charge is 2.23. The Labute approximate surface area is 135 Å². The molecule has 0 saturated heterocycles. The fourth-order valence-electron chi connectivity index (χ4n) is 1.89. The van der Waals surface area contributed by atoms with Crippen molar-refractivity contribution < 1.29 is 17.9 Å². The number of sulfone groups is 1. The molecule has 124 valence electrons. The Kier molecular flexibility index (Phi) is 4.58. The van der Waals surface area contributed by atoms with E-state index >= 15 is 0 Å². The molecule has 2 rings (SSSR count). The fraction of sp³-hybridized carbons (Fsp3) is 0.333. The van der Waals surface area contributed by atoms with Gasteiger partial charge in [0, 0.05) is 6.26 Å². The molecule has 0 fully saturated rings. The van der Waals surface area contributed by atoms with E-state index in [1.807, 2.05) is 0 Å². The second-order valence-corrected chi connectivity index (χ2v) is 7.66. The Balaban J connectivity index is 2.38. The molecule has 0 atom stereocenters. The average molecular weight is 337 g/mol. The molecule has 0 aliphatic rings. The van der Waals surface area contributed by atoms with Gasteiger partial charge in [0.15, 0.2) is 15.6 Å². The van der Waals surface area contributed by atoms with E-state index in [1.54, 1.807) is 26.0 Å². The van der Waals surface area contributed by atoms with Crippen molar-refractivity contribution in [2.24, 2.45) is 5.73 Å². The molecular weight excluding hydrogens is 318 g/mol. The van der Waals surface area contributed by atoms with Gasteiger partial charge in [-0.25, -0.2) is 8.42 Å². The van der Waals surface area contributed by atoms with Crippen LogP contribution >= 0.6 is 0 Å². The normalized spacial score (nSPS) is 12.0. The maximum atomic E-state index is 11.6. The minimum absolute atomic E-state index is 0.0602. The maximum absolute atomic E-state index is 11.6. The zero-order valence-electron chi connectivity index (χ0n) is 13.4. The third-order valence-corrected chi connectivity index (χ3v) is 4.12. The Morgan fingerprint density at radius 3 is 2.52 bits per heavy atom. The fourth-order valence-corrected chi connectivity index (χ4v) is 2.54. The standard InChI is InChI=1S/C15H19N3O4S/c1-15(2,16)13-12(21-3)9-17-14(18-13)22-10-6-5-7-11(8-10)23(4,19)20/h5-9H,16H2,1-4H3. The van der Waals surface area contributed by atoms with Gasteiger partial charge in [-0.2, -0.15) is 9.97 Å². The molecule has 0 amide bonds. The van der Waals surface area contributed by atoms with Crippen LogP contribution in [0.15, 0.2) is 35.4 Å². The van der Waals surface area contributed by atoms with Gasteiger partial charge in [0.2, 0.25) is 0 Å². The van der Waals surface area contributed by atoms with Gasteiger partial charge >= 0.3 is 6.01 Å². The second kappa shape index (κ2) is 6.13. The Bertz CT molecular complexity index is 814. The first-order chi connectivity index (χ1) is 10.6. The summed E-state index contributed by atoms with van der Waals surface area (Å²) in [6, 6.07) is 6.17. The number of rotatable bonds is 5. The number of aromatic nitrogens is 2. The van der Waals surface area contributed by atoms with E-state index in [1.165, 1.54) is 25.4 Å². The van der Waals surface area contributed by atoms with Gasteiger partial charge in [0.05, 0.1) is 23.7 Å². The summed E-state index contributed by atoms with van der Waals surface area (Å²) in [5, 5.41) is 0. The lowest BCUT2D eigenvalue weighted by atomic mass is 10.0. The monoisotopic (exact) mass is 337 g/mol. The number of nitrogens with two attached hydrogens (primary N) is 1. The van der Waals surface area contributed by atoms with Crippen LogP contribution in [0.5, 0.6) is 17.5 Å². The van der Waals surface area contributed by atoms with Crippen molar-refractivity contribution in [2.45, 2.75) is 24.3 Å². The van der Waals surface area contributed by atoms with Crippen LogP contribution in [0, 0.1) is 0 Å². The Morgan fingerprint density at radius 2 is 1.96 bits per heavy atom. The van der Waals surface area contributed by atoms with Gasteiger partial charge in [0.1, 0.15) is 11.4 Å². The molecule has 1 aromatic carbocycles. The topological polar surface area (TPSA) is 104 Å². The number of nitrogens with zero attached hydrogens (tertiary/aromatic N) is 2. The number of methoxy groups -OCH3 is 1. The summed E-state index contributed by atoms with van der Waals surface area (Å²) in [5.41, 5.74) is 5.81. The maximum Gasteiger partial charge on any atom is 0.322 e. The van der Waals surface area contributed by atoms with Crippen molar-refractivity contribution in [1.82, 2.24) is 9.97 Å². The number of benzene rings is 1. The number of hydrogen-bond acceptors (Lipinski definition) is 7.